The molecule has 5 heterocycles. The number of aromatic amines is 1. The molecule has 6 rings (SSSR count). The van der Waals surface area contributed by atoms with Gasteiger partial charge in [0.25, 0.3) is 0 Å². The molecule has 0 spiro atoms. The summed E-state index contributed by atoms with van der Waals surface area (Å²) in [5, 5.41) is 13.3. The number of nitrogens with one attached hydrogen (secondary N) is 2. The molecule has 11 nitrogen and oxygen atoms in total. The molecule has 2 saturated heterocycles. The molecule has 2 aliphatic heterocycles. The summed E-state index contributed by atoms with van der Waals surface area (Å²) < 4.78 is 1.99. The van der Waals surface area contributed by atoms with Crippen molar-refractivity contribution in [1.82, 2.24) is 34.4 Å². The quantitative estimate of drug-likeness (QED) is 0.353. The van der Waals surface area contributed by atoms with Crippen LogP contribution in [-0.2, 0) is 17.9 Å². The SMILES string of the molecule is O=C1CCCN1CCn1cnc2c(NCc3nc4ccccc4[nH]3)nc(N3CCCC3CO)nc21. The molecule has 182 valence electrons. The van der Waals surface area contributed by atoms with E-state index in [0.717, 1.165) is 54.9 Å². The van der Waals surface area contributed by atoms with E-state index in [1.807, 2.05) is 33.7 Å². The Morgan fingerprint density at radius 2 is 2.03 bits per heavy atom. The van der Waals surface area contributed by atoms with Crippen molar-refractivity contribution in [3.05, 3.63) is 36.4 Å². The van der Waals surface area contributed by atoms with Crippen molar-refractivity contribution >= 4 is 39.9 Å². The van der Waals surface area contributed by atoms with Crippen LogP contribution < -0.4 is 10.2 Å². The minimum Gasteiger partial charge on any atom is -0.394 e. The van der Waals surface area contributed by atoms with E-state index in [4.69, 9.17) is 9.97 Å². The van der Waals surface area contributed by atoms with Crippen LogP contribution in [0.4, 0.5) is 11.8 Å². The Bertz CT molecular complexity index is 1330. The molecule has 1 aromatic carbocycles. The van der Waals surface area contributed by atoms with Crippen molar-refractivity contribution in [2.45, 2.75) is 44.8 Å². The minimum absolute atomic E-state index is 0.00858. The largest absolute Gasteiger partial charge is 0.394 e. The second kappa shape index (κ2) is 9.14. The van der Waals surface area contributed by atoms with Crippen molar-refractivity contribution in [1.29, 1.82) is 0 Å². The fourth-order valence-corrected chi connectivity index (χ4v) is 5.06. The van der Waals surface area contributed by atoms with Crippen LogP contribution in [0, 0.1) is 0 Å². The summed E-state index contributed by atoms with van der Waals surface area (Å²) in [6.07, 6.45) is 5.22. The predicted octanol–water partition coefficient (Wildman–Crippen LogP) is 1.90. The van der Waals surface area contributed by atoms with Gasteiger partial charge in [0.2, 0.25) is 11.9 Å². The molecule has 1 atom stereocenters. The summed E-state index contributed by atoms with van der Waals surface area (Å²) in [6.45, 7) is 3.38. The van der Waals surface area contributed by atoms with Crippen molar-refractivity contribution in [2.75, 3.05) is 36.5 Å². The Hall–Kier alpha value is -3.73. The number of hydrogen-bond acceptors (Lipinski definition) is 8. The number of carbonyl (C=O) groups excluding carboxylic acids is 1. The summed E-state index contributed by atoms with van der Waals surface area (Å²) in [7, 11) is 0. The molecule has 11 heteroatoms. The zero-order valence-electron chi connectivity index (χ0n) is 19.5. The van der Waals surface area contributed by atoms with Crippen LogP contribution in [0.5, 0.6) is 0 Å². The first-order valence-electron chi connectivity index (χ1n) is 12.3. The van der Waals surface area contributed by atoms with Crippen molar-refractivity contribution in [3.63, 3.8) is 0 Å². The summed E-state index contributed by atoms with van der Waals surface area (Å²) in [5.74, 6) is 2.23. The number of aromatic nitrogens is 6. The number of aliphatic hydroxyl groups is 1. The summed E-state index contributed by atoms with van der Waals surface area (Å²) >= 11 is 0. The third-order valence-corrected chi connectivity index (χ3v) is 6.94. The highest BCUT2D eigenvalue weighted by Gasteiger charge is 2.28. The van der Waals surface area contributed by atoms with E-state index >= 15 is 0 Å². The molecule has 1 amide bonds. The Morgan fingerprint density at radius 3 is 2.86 bits per heavy atom. The summed E-state index contributed by atoms with van der Waals surface area (Å²) in [5.41, 5.74) is 3.30. The lowest BCUT2D eigenvalue weighted by Crippen LogP contribution is -2.33. The van der Waals surface area contributed by atoms with E-state index < -0.39 is 0 Å². The van der Waals surface area contributed by atoms with E-state index in [9.17, 15) is 9.90 Å². The van der Waals surface area contributed by atoms with E-state index in [-0.39, 0.29) is 18.6 Å². The number of carbonyl (C=O) groups is 1. The Morgan fingerprint density at radius 1 is 1.11 bits per heavy atom. The van der Waals surface area contributed by atoms with E-state index in [1.165, 1.54) is 0 Å². The minimum atomic E-state index is 0.00858. The molecule has 0 saturated carbocycles. The third-order valence-electron chi connectivity index (χ3n) is 6.94. The molecule has 0 aliphatic carbocycles. The molecule has 2 aliphatic rings. The Kier molecular flexibility index (Phi) is 5.69. The lowest BCUT2D eigenvalue weighted by atomic mass is 10.2. The molecule has 35 heavy (non-hydrogen) atoms. The average Bonchev–Trinajstić information content (AvgIpc) is 3.67. The van der Waals surface area contributed by atoms with Crippen LogP contribution in [0.3, 0.4) is 0 Å². The van der Waals surface area contributed by atoms with Gasteiger partial charge in [-0.05, 0) is 31.4 Å². The van der Waals surface area contributed by atoms with E-state index in [1.54, 1.807) is 6.33 Å². The zero-order chi connectivity index (χ0) is 23.8. The number of fused-ring (bicyclic) bond motifs is 2. The van der Waals surface area contributed by atoms with Gasteiger partial charge >= 0.3 is 0 Å². The van der Waals surface area contributed by atoms with Crippen molar-refractivity contribution in [2.24, 2.45) is 0 Å². The lowest BCUT2D eigenvalue weighted by Gasteiger charge is -2.23. The summed E-state index contributed by atoms with van der Waals surface area (Å²) in [4.78, 5) is 38.3. The number of benzene rings is 1. The molecule has 0 bridgehead atoms. The van der Waals surface area contributed by atoms with Gasteiger partial charge in [0, 0.05) is 32.6 Å². The second-order valence-corrected chi connectivity index (χ2v) is 9.19. The number of amides is 1. The number of rotatable bonds is 8. The number of aliphatic hydroxyl groups excluding tert-OH is 1. The fourth-order valence-electron chi connectivity index (χ4n) is 5.06. The topological polar surface area (TPSA) is 128 Å². The van der Waals surface area contributed by atoms with Gasteiger partial charge < -0.3 is 29.8 Å². The first-order valence-corrected chi connectivity index (χ1v) is 12.3. The number of imidazole rings is 2. The van der Waals surface area contributed by atoms with Gasteiger partial charge in [-0.1, -0.05) is 12.1 Å². The van der Waals surface area contributed by atoms with Crippen LogP contribution in [0.25, 0.3) is 22.2 Å². The fraction of sp³-hybridized carbons (Fsp3) is 0.458. The van der Waals surface area contributed by atoms with Gasteiger partial charge in [0.05, 0.1) is 36.6 Å². The van der Waals surface area contributed by atoms with Gasteiger partial charge in [0.15, 0.2) is 17.0 Å². The van der Waals surface area contributed by atoms with Crippen LogP contribution >= 0.6 is 0 Å². The van der Waals surface area contributed by atoms with E-state index in [2.05, 4.69) is 25.2 Å². The molecule has 3 aromatic heterocycles. The van der Waals surface area contributed by atoms with Gasteiger partial charge in [-0.2, -0.15) is 9.97 Å². The molecule has 0 radical (unpaired) electrons. The normalized spacial score (nSPS) is 18.4. The van der Waals surface area contributed by atoms with Gasteiger partial charge in [0.1, 0.15) is 5.82 Å². The highest BCUT2D eigenvalue weighted by atomic mass is 16.3. The zero-order valence-corrected chi connectivity index (χ0v) is 19.5. The molecule has 4 aromatic rings. The molecular formula is C24H29N9O2. The monoisotopic (exact) mass is 475 g/mol. The lowest BCUT2D eigenvalue weighted by molar-refractivity contribution is -0.127. The summed E-state index contributed by atoms with van der Waals surface area (Å²) in [6, 6.07) is 7.94. The third kappa shape index (κ3) is 4.16. The maximum Gasteiger partial charge on any atom is 0.229 e. The number of H-pyrrole nitrogens is 1. The molecule has 1 unspecified atom stereocenters. The van der Waals surface area contributed by atoms with Gasteiger partial charge in [-0.15, -0.1) is 0 Å². The standard InChI is InChI=1S/C24H29N9O2/c34-14-16-5-3-10-33(16)24-29-22(25-13-19-27-17-6-1-2-7-18(17)28-19)21-23(30-24)32(15-26-21)12-11-31-9-4-8-20(31)35/h1-2,6-7,15-16,34H,3-5,8-14H2,(H,27,28)(H,25,29,30). The Labute approximate surface area is 202 Å². The smallest absolute Gasteiger partial charge is 0.229 e. The molecule has 2 fully saturated rings. The van der Waals surface area contributed by atoms with Crippen LogP contribution in [-0.4, -0.2) is 77.7 Å². The molecule has 3 N–H and O–H groups in total. The maximum atomic E-state index is 12.1. The van der Waals surface area contributed by atoms with Crippen LogP contribution in [0.15, 0.2) is 30.6 Å². The highest BCUT2D eigenvalue weighted by molar-refractivity contribution is 5.84. The first-order chi connectivity index (χ1) is 17.2. The number of nitrogens with zero attached hydrogens (tertiary/aromatic N) is 7. The van der Waals surface area contributed by atoms with E-state index in [0.29, 0.717) is 43.3 Å². The van der Waals surface area contributed by atoms with Gasteiger partial charge in [-0.25, -0.2) is 9.97 Å². The number of anilines is 2. The molecular weight excluding hydrogens is 446 g/mol. The Balaban J connectivity index is 1.31. The average molecular weight is 476 g/mol. The predicted molar refractivity (Wildman–Crippen MR) is 132 cm³/mol. The van der Waals surface area contributed by atoms with Gasteiger partial charge in [-0.3, -0.25) is 4.79 Å². The van der Waals surface area contributed by atoms with Crippen molar-refractivity contribution < 1.29 is 9.90 Å². The first kappa shape index (κ1) is 21.8. The second-order valence-electron chi connectivity index (χ2n) is 9.19. The van der Waals surface area contributed by atoms with Crippen LogP contribution in [0.1, 0.15) is 31.5 Å². The number of hydrogen-bond donors (Lipinski definition) is 3. The maximum absolute atomic E-state index is 12.1. The van der Waals surface area contributed by atoms with Crippen LogP contribution in [0.2, 0.25) is 0 Å². The van der Waals surface area contributed by atoms with Crippen molar-refractivity contribution in [3.8, 4) is 0 Å². The number of likely N-dealkylation sites (tertiary alicyclic amines) is 1. The number of para-hydroxylation sites is 2. The highest BCUT2D eigenvalue weighted by Crippen LogP contribution is 2.28.